The molecule has 0 aliphatic heterocycles. The summed E-state index contributed by atoms with van der Waals surface area (Å²) in [5.41, 5.74) is 2.93. The van der Waals surface area contributed by atoms with Crippen LogP contribution in [0.15, 0.2) is 36.4 Å². The van der Waals surface area contributed by atoms with Crippen molar-refractivity contribution in [2.45, 2.75) is 26.2 Å². The number of hydrogen-bond acceptors (Lipinski definition) is 2. The first-order valence-electron chi connectivity index (χ1n) is 5.57. The summed E-state index contributed by atoms with van der Waals surface area (Å²) in [5.74, 6) is 0. The quantitative estimate of drug-likeness (QED) is 0.757. The van der Waals surface area contributed by atoms with Gasteiger partial charge in [-0.25, -0.2) is 0 Å². The lowest BCUT2D eigenvalue weighted by Gasteiger charge is -2.16. The van der Waals surface area contributed by atoms with E-state index in [9.17, 15) is 0 Å². The minimum atomic E-state index is 0.0333. The highest BCUT2D eigenvalue weighted by Crippen LogP contribution is 2.22. The molecule has 0 saturated heterocycles. The smallest absolute Gasteiger partial charge is 0.0929 e. The fourth-order valence-electron chi connectivity index (χ4n) is 1.51. The molecule has 0 spiro atoms. The van der Waals surface area contributed by atoms with E-state index in [1.807, 2.05) is 36.4 Å². The SMILES string of the molecule is CC(C)(C)c1ccc(-c2ccc(Cl)cc2)nn1. The minimum absolute atomic E-state index is 0.0333. The normalized spacial score (nSPS) is 11.5. The van der Waals surface area contributed by atoms with Crippen LogP contribution in [0.2, 0.25) is 5.02 Å². The molecule has 0 bridgehead atoms. The van der Waals surface area contributed by atoms with Gasteiger partial charge >= 0.3 is 0 Å². The molecule has 0 amide bonds. The zero-order valence-electron chi connectivity index (χ0n) is 10.2. The zero-order chi connectivity index (χ0) is 12.5. The van der Waals surface area contributed by atoms with Gasteiger partial charge in [-0.15, -0.1) is 0 Å². The Kier molecular flexibility index (Phi) is 3.16. The first-order valence-corrected chi connectivity index (χ1v) is 5.95. The van der Waals surface area contributed by atoms with Gasteiger partial charge in [-0.05, 0) is 24.3 Å². The topological polar surface area (TPSA) is 25.8 Å². The minimum Gasteiger partial charge on any atom is -0.154 e. The molecule has 0 unspecified atom stereocenters. The van der Waals surface area contributed by atoms with Gasteiger partial charge in [0.15, 0.2) is 0 Å². The Morgan fingerprint density at radius 1 is 0.882 bits per heavy atom. The summed E-state index contributed by atoms with van der Waals surface area (Å²) in [4.78, 5) is 0. The molecule has 0 radical (unpaired) electrons. The molecular weight excluding hydrogens is 232 g/mol. The van der Waals surface area contributed by atoms with Crippen molar-refractivity contribution in [1.82, 2.24) is 10.2 Å². The molecule has 17 heavy (non-hydrogen) atoms. The van der Waals surface area contributed by atoms with Crippen molar-refractivity contribution in [3.8, 4) is 11.3 Å². The highest BCUT2D eigenvalue weighted by Gasteiger charge is 2.15. The van der Waals surface area contributed by atoms with Crippen LogP contribution in [0, 0.1) is 0 Å². The standard InChI is InChI=1S/C14H15ClN2/c1-14(2,3)13-9-8-12(16-17-13)10-4-6-11(15)7-5-10/h4-9H,1-3H3. The number of hydrogen-bond donors (Lipinski definition) is 0. The molecule has 1 heterocycles. The van der Waals surface area contributed by atoms with Crippen LogP contribution in [0.1, 0.15) is 26.5 Å². The van der Waals surface area contributed by atoms with E-state index in [0.29, 0.717) is 0 Å². The number of benzene rings is 1. The van der Waals surface area contributed by atoms with Gasteiger partial charge in [-0.2, -0.15) is 10.2 Å². The molecule has 2 aromatic rings. The molecule has 0 aliphatic rings. The van der Waals surface area contributed by atoms with E-state index in [1.54, 1.807) is 0 Å². The predicted octanol–water partition coefficient (Wildman–Crippen LogP) is 4.09. The summed E-state index contributed by atoms with van der Waals surface area (Å²) in [6.45, 7) is 6.37. The maximum Gasteiger partial charge on any atom is 0.0929 e. The van der Waals surface area contributed by atoms with Gasteiger partial charge < -0.3 is 0 Å². The predicted molar refractivity (Wildman–Crippen MR) is 71.2 cm³/mol. The summed E-state index contributed by atoms with van der Waals surface area (Å²) in [7, 11) is 0. The first-order chi connectivity index (χ1) is 7.97. The molecule has 1 aromatic carbocycles. The summed E-state index contributed by atoms with van der Waals surface area (Å²) in [6.07, 6.45) is 0. The second-order valence-electron chi connectivity index (χ2n) is 5.06. The van der Waals surface area contributed by atoms with E-state index < -0.39 is 0 Å². The van der Waals surface area contributed by atoms with Crippen LogP contribution >= 0.6 is 11.6 Å². The maximum absolute atomic E-state index is 5.85. The van der Waals surface area contributed by atoms with E-state index in [-0.39, 0.29) is 5.41 Å². The lowest BCUT2D eigenvalue weighted by molar-refractivity contribution is 0.559. The molecule has 3 heteroatoms. The second kappa shape index (κ2) is 4.46. The zero-order valence-corrected chi connectivity index (χ0v) is 11.0. The summed E-state index contributed by atoms with van der Waals surface area (Å²) >= 11 is 5.85. The number of nitrogens with zero attached hydrogens (tertiary/aromatic N) is 2. The van der Waals surface area contributed by atoms with Crippen LogP contribution in [0.3, 0.4) is 0 Å². The molecule has 88 valence electrons. The van der Waals surface area contributed by atoms with Crippen molar-refractivity contribution >= 4 is 11.6 Å². The Labute approximate surface area is 107 Å². The fourth-order valence-corrected chi connectivity index (χ4v) is 1.63. The van der Waals surface area contributed by atoms with E-state index in [0.717, 1.165) is 22.0 Å². The monoisotopic (exact) mass is 246 g/mol. The van der Waals surface area contributed by atoms with Crippen LogP contribution in [0.4, 0.5) is 0 Å². The molecule has 2 nitrogen and oxygen atoms in total. The summed E-state index contributed by atoms with van der Waals surface area (Å²) in [6, 6.07) is 11.6. The second-order valence-corrected chi connectivity index (χ2v) is 5.50. The first kappa shape index (κ1) is 12.1. The lowest BCUT2D eigenvalue weighted by Crippen LogP contribution is -2.14. The Morgan fingerprint density at radius 3 is 2.00 bits per heavy atom. The fraction of sp³-hybridized carbons (Fsp3) is 0.286. The molecular formula is C14H15ClN2. The molecule has 0 aliphatic carbocycles. The Bertz CT molecular complexity index is 495. The summed E-state index contributed by atoms with van der Waals surface area (Å²) < 4.78 is 0. The van der Waals surface area contributed by atoms with Gasteiger partial charge in [-0.1, -0.05) is 44.5 Å². The number of aromatic nitrogens is 2. The van der Waals surface area contributed by atoms with Gasteiger partial charge in [0.1, 0.15) is 0 Å². The Balaban J connectivity index is 2.33. The van der Waals surface area contributed by atoms with Crippen molar-refractivity contribution in [3.05, 3.63) is 47.1 Å². The van der Waals surface area contributed by atoms with Gasteiger partial charge in [0.05, 0.1) is 11.4 Å². The van der Waals surface area contributed by atoms with Crippen molar-refractivity contribution in [3.63, 3.8) is 0 Å². The van der Waals surface area contributed by atoms with Crippen LogP contribution in [0.5, 0.6) is 0 Å². The van der Waals surface area contributed by atoms with Crippen LogP contribution < -0.4 is 0 Å². The highest BCUT2D eigenvalue weighted by atomic mass is 35.5. The van der Waals surface area contributed by atoms with Crippen LogP contribution in [-0.4, -0.2) is 10.2 Å². The molecule has 0 fully saturated rings. The summed E-state index contributed by atoms with van der Waals surface area (Å²) in [5, 5.41) is 9.25. The average molecular weight is 247 g/mol. The molecule has 1 aromatic heterocycles. The molecule has 0 saturated carbocycles. The third-order valence-electron chi connectivity index (χ3n) is 2.57. The van der Waals surface area contributed by atoms with Crippen molar-refractivity contribution in [1.29, 1.82) is 0 Å². The van der Waals surface area contributed by atoms with Crippen molar-refractivity contribution in [2.24, 2.45) is 0 Å². The van der Waals surface area contributed by atoms with Crippen molar-refractivity contribution < 1.29 is 0 Å². The highest BCUT2D eigenvalue weighted by molar-refractivity contribution is 6.30. The Hall–Kier alpha value is -1.41. The Morgan fingerprint density at radius 2 is 1.53 bits per heavy atom. The third-order valence-corrected chi connectivity index (χ3v) is 2.82. The van der Waals surface area contributed by atoms with E-state index in [4.69, 9.17) is 11.6 Å². The van der Waals surface area contributed by atoms with Crippen LogP contribution in [0.25, 0.3) is 11.3 Å². The number of halogens is 1. The molecule has 2 rings (SSSR count). The lowest BCUT2D eigenvalue weighted by atomic mass is 9.92. The third kappa shape index (κ3) is 2.83. The van der Waals surface area contributed by atoms with E-state index in [2.05, 4.69) is 31.0 Å². The van der Waals surface area contributed by atoms with E-state index >= 15 is 0 Å². The van der Waals surface area contributed by atoms with Gasteiger partial charge in [0.2, 0.25) is 0 Å². The maximum atomic E-state index is 5.85. The average Bonchev–Trinajstić information content (AvgIpc) is 2.29. The van der Waals surface area contributed by atoms with Crippen LogP contribution in [-0.2, 0) is 5.41 Å². The molecule has 0 atom stereocenters. The van der Waals surface area contributed by atoms with Gasteiger partial charge in [0.25, 0.3) is 0 Å². The van der Waals surface area contributed by atoms with Gasteiger partial charge in [-0.3, -0.25) is 0 Å². The largest absolute Gasteiger partial charge is 0.154 e. The molecule has 0 N–H and O–H groups in total. The number of rotatable bonds is 1. The van der Waals surface area contributed by atoms with Gasteiger partial charge in [0, 0.05) is 16.0 Å². The van der Waals surface area contributed by atoms with Crippen molar-refractivity contribution in [2.75, 3.05) is 0 Å². The van der Waals surface area contributed by atoms with E-state index in [1.165, 1.54) is 0 Å².